The molecule has 0 unspecified atom stereocenters. The molecule has 17 heavy (non-hydrogen) atoms. The molecule has 0 heterocycles. The van der Waals surface area contributed by atoms with Gasteiger partial charge in [-0.1, -0.05) is 17.7 Å². The number of amides is 1. The Hall–Kier alpha value is -1.55. The van der Waals surface area contributed by atoms with E-state index in [9.17, 15) is 9.90 Å². The van der Waals surface area contributed by atoms with Crippen LogP contribution in [0.15, 0.2) is 18.2 Å². The lowest BCUT2D eigenvalue weighted by Crippen LogP contribution is -2.23. The van der Waals surface area contributed by atoms with E-state index in [2.05, 4.69) is 0 Å². The number of rotatable bonds is 5. The predicted octanol–water partition coefficient (Wildman–Crippen LogP) is 1.34. The Morgan fingerprint density at radius 1 is 1.41 bits per heavy atom. The molecule has 0 atom stereocenters. The molecule has 1 rings (SSSR count). The summed E-state index contributed by atoms with van der Waals surface area (Å²) in [6.07, 6.45) is 0.339. The van der Waals surface area contributed by atoms with Crippen molar-refractivity contribution in [2.24, 2.45) is 0 Å². The minimum Gasteiger partial charge on any atom is -0.493 e. The summed E-state index contributed by atoms with van der Waals surface area (Å²) in [5, 5.41) is 9.18. The van der Waals surface area contributed by atoms with Gasteiger partial charge in [-0.2, -0.15) is 0 Å². The molecule has 0 spiro atoms. The molecule has 1 aromatic carbocycles. The zero-order valence-corrected chi connectivity index (χ0v) is 10.6. The topological polar surface area (TPSA) is 49.8 Å². The van der Waals surface area contributed by atoms with Gasteiger partial charge in [-0.3, -0.25) is 4.79 Å². The molecule has 0 saturated carbocycles. The van der Waals surface area contributed by atoms with E-state index < -0.39 is 0 Å². The van der Waals surface area contributed by atoms with Gasteiger partial charge in [0.25, 0.3) is 0 Å². The molecule has 0 aliphatic rings. The molecule has 0 aliphatic carbocycles. The van der Waals surface area contributed by atoms with Gasteiger partial charge in [0.05, 0.1) is 19.6 Å². The molecule has 94 valence electrons. The van der Waals surface area contributed by atoms with Crippen LogP contribution in [0.1, 0.15) is 17.5 Å². The summed E-state index contributed by atoms with van der Waals surface area (Å²) in [4.78, 5) is 12.9. The lowest BCUT2D eigenvalue weighted by atomic mass is 10.1. The fraction of sp³-hybridized carbons (Fsp3) is 0.462. The Bertz CT molecular complexity index is 388. The average Bonchev–Trinajstić information content (AvgIpc) is 2.30. The second-order valence-corrected chi connectivity index (χ2v) is 4.16. The highest BCUT2D eigenvalue weighted by atomic mass is 16.5. The fourth-order valence-electron chi connectivity index (χ4n) is 1.44. The second kappa shape index (κ2) is 6.25. The number of ether oxygens (including phenoxy) is 1. The van der Waals surface area contributed by atoms with Crippen molar-refractivity contribution in [2.45, 2.75) is 20.0 Å². The molecule has 1 aromatic rings. The zero-order valence-electron chi connectivity index (χ0n) is 10.6. The average molecular weight is 237 g/mol. The maximum Gasteiger partial charge on any atom is 0.225 e. The van der Waals surface area contributed by atoms with Gasteiger partial charge in [-0.25, -0.2) is 0 Å². The van der Waals surface area contributed by atoms with Crippen molar-refractivity contribution in [1.82, 2.24) is 4.90 Å². The van der Waals surface area contributed by atoms with E-state index in [1.165, 1.54) is 4.90 Å². The van der Waals surface area contributed by atoms with Crippen LogP contribution in [-0.2, 0) is 11.4 Å². The minimum atomic E-state index is -0.0569. The van der Waals surface area contributed by atoms with Gasteiger partial charge < -0.3 is 14.7 Å². The molecule has 0 aromatic heterocycles. The Kier molecular flexibility index (Phi) is 4.97. The Morgan fingerprint density at radius 2 is 2.12 bits per heavy atom. The van der Waals surface area contributed by atoms with Crippen LogP contribution in [0.5, 0.6) is 5.75 Å². The minimum absolute atomic E-state index is 0.0302. The molecule has 0 radical (unpaired) electrons. The van der Waals surface area contributed by atoms with E-state index in [0.29, 0.717) is 18.8 Å². The number of nitrogens with zero attached hydrogens (tertiary/aromatic N) is 1. The molecule has 4 heteroatoms. The summed E-state index contributed by atoms with van der Waals surface area (Å²) in [7, 11) is 3.43. The normalized spacial score (nSPS) is 10.1. The van der Waals surface area contributed by atoms with Gasteiger partial charge >= 0.3 is 0 Å². The van der Waals surface area contributed by atoms with Gasteiger partial charge in [-0.15, -0.1) is 0 Å². The van der Waals surface area contributed by atoms with Crippen LogP contribution in [0.4, 0.5) is 0 Å². The second-order valence-electron chi connectivity index (χ2n) is 4.16. The standard InChI is InChI=1S/C13H19NO3/c1-10-4-5-12(11(8-10)9-15)17-7-6-13(16)14(2)3/h4-5,8,15H,6-7,9H2,1-3H3. The monoisotopic (exact) mass is 237 g/mol. The van der Waals surface area contributed by atoms with Crippen molar-refractivity contribution in [3.8, 4) is 5.75 Å². The summed E-state index contributed by atoms with van der Waals surface area (Å²) >= 11 is 0. The highest BCUT2D eigenvalue weighted by Crippen LogP contribution is 2.20. The summed E-state index contributed by atoms with van der Waals surface area (Å²) in [5.41, 5.74) is 1.83. The number of benzene rings is 1. The van der Waals surface area contributed by atoms with Crippen LogP contribution in [0.2, 0.25) is 0 Å². The van der Waals surface area contributed by atoms with Crippen molar-refractivity contribution >= 4 is 5.91 Å². The van der Waals surface area contributed by atoms with Gasteiger partial charge in [0.15, 0.2) is 0 Å². The number of aliphatic hydroxyl groups is 1. The Labute approximate surface area is 102 Å². The maximum absolute atomic E-state index is 11.3. The van der Waals surface area contributed by atoms with Crippen molar-refractivity contribution < 1.29 is 14.6 Å². The van der Waals surface area contributed by atoms with Crippen molar-refractivity contribution in [1.29, 1.82) is 0 Å². The molecule has 0 bridgehead atoms. The van der Waals surface area contributed by atoms with Gasteiger partial charge in [0.2, 0.25) is 5.91 Å². The molecule has 4 nitrogen and oxygen atoms in total. The van der Waals surface area contributed by atoms with Crippen LogP contribution in [0.25, 0.3) is 0 Å². The van der Waals surface area contributed by atoms with Gasteiger partial charge in [-0.05, 0) is 13.0 Å². The third-order valence-corrected chi connectivity index (χ3v) is 2.46. The lowest BCUT2D eigenvalue weighted by molar-refractivity contribution is -0.129. The maximum atomic E-state index is 11.3. The van der Waals surface area contributed by atoms with E-state index in [4.69, 9.17) is 4.74 Å². The number of hydrogen-bond acceptors (Lipinski definition) is 3. The lowest BCUT2D eigenvalue weighted by Gasteiger charge is -2.13. The smallest absolute Gasteiger partial charge is 0.225 e. The molecule has 0 saturated heterocycles. The van der Waals surface area contributed by atoms with Crippen LogP contribution in [0, 0.1) is 6.92 Å². The van der Waals surface area contributed by atoms with Crippen molar-refractivity contribution in [2.75, 3.05) is 20.7 Å². The van der Waals surface area contributed by atoms with E-state index in [0.717, 1.165) is 11.1 Å². The first-order valence-electron chi connectivity index (χ1n) is 5.58. The van der Waals surface area contributed by atoms with E-state index in [-0.39, 0.29) is 12.5 Å². The van der Waals surface area contributed by atoms with Gasteiger partial charge in [0.1, 0.15) is 5.75 Å². The van der Waals surface area contributed by atoms with Gasteiger partial charge in [0, 0.05) is 19.7 Å². The SMILES string of the molecule is Cc1ccc(OCCC(=O)N(C)C)c(CO)c1. The fourth-order valence-corrected chi connectivity index (χ4v) is 1.44. The highest BCUT2D eigenvalue weighted by molar-refractivity contribution is 5.75. The van der Waals surface area contributed by atoms with E-state index in [1.54, 1.807) is 14.1 Å². The van der Waals surface area contributed by atoms with E-state index >= 15 is 0 Å². The largest absolute Gasteiger partial charge is 0.493 e. The number of aryl methyl sites for hydroxylation is 1. The first-order chi connectivity index (χ1) is 8.04. The number of aliphatic hydroxyl groups excluding tert-OH is 1. The molecule has 1 amide bonds. The zero-order chi connectivity index (χ0) is 12.8. The van der Waals surface area contributed by atoms with Crippen molar-refractivity contribution in [3.63, 3.8) is 0 Å². The number of carbonyl (C=O) groups is 1. The van der Waals surface area contributed by atoms with E-state index in [1.807, 2.05) is 25.1 Å². The summed E-state index contributed by atoms with van der Waals surface area (Å²) < 4.78 is 5.50. The summed E-state index contributed by atoms with van der Waals surface area (Å²) in [5.74, 6) is 0.673. The molecular formula is C13H19NO3. The molecule has 0 fully saturated rings. The molecule has 0 aliphatic heterocycles. The quantitative estimate of drug-likeness (QED) is 0.841. The van der Waals surface area contributed by atoms with Crippen LogP contribution < -0.4 is 4.74 Å². The first-order valence-corrected chi connectivity index (χ1v) is 5.58. The van der Waals surface area contributed by atoms with Crippen LogP contribution in [-0.4, -0.2) is 36.6 Å². The van der Waals surface area contributed by atoms with Crippen molar-refractivity contribution in [3.05, 3.63) is 29.3 Å². The Balaban J connectivity index is 2.54. The molecule has 1 N–H and O–H groups in total. The van der Waals surface area contributed by atoms with Crippen LogP contribution in [0.3, 0.4) is 0 Å². The third kappa shape index (κ3) is 4.07. The van der Waals surface area contributed by atoms with Crippen LogP contribution >= 0.6 is 0 Å². The number of carbonyl (C=O) groups excluding carboxylic acids is 1. The summed E-state index contributed by atoms with van der Waals surface area (Å²) in [6.45, 7) is 2.23. The summed E-state index contributed by atoms with van der Waals surface area (Å²) in [6, 6.07) is 5.62. The first kappa shape index (κ1) is 13.5. The Morgan fingerprint density at radius 3 is 2.71 bits per heavy atom. The third-order valence-electron chi connectivity index (χ3n) is 2.46. The molecular weight excluding hydrogens is 218 g/mol. The predicted molar refractivity (Wildman–Crippen MR) is 65.9 cm³/mol. The highest BCUT2D eigenvalue weighted by Gasteiger charge is 2.06. The number of hydrogen-bond donors (Lipinski definition) is 1.